The molecule has 5 nitrogen and oxygen atoms in total. The summed E-state index contributed by atoms with van der Waals surface area (Å²) in [6, 6.07) is 3.94. The van der Waals surface area contributed by atoms with Crippen molar-refractivity contribution in [3.8, 4) is 5.88 Å². The van der Waals surface area contributed by atoms with Gasteiger partial charge in [0, 0.05) is 44.0 Å². The molecule has 112 valence electrons. The van der Waals surface area contributed by atoms with Crippen molar-refractivity contribution in [1.29, 1.82) is 0 Å². The lowest BCUT2D eigenvalue weighted by atomic mass is 10.0. The number of methoxy groups -OCH3 is 1. The molecule has 0 spiro atoms. The first kappa shape index (κ1) is 15.2. The molecule has 0 atom stereocenters. The summed E-state index contributed by atoms with van der Waals surface area (Å²) in [6.07, 6.45) is 1.85. The molecule has 1 aliphatic rings. The second kappa shape index (κ2) is 7.02. The molecule has 1 saturated heterocycles. The third-order valence-corrected chi connectivity index (χ3v) is 3.76. The van der Waals surface area contributed by atoms with Crippen LogP contribution in [0.1, 0.15) is 19.4 Å². The molecule has 0 aromatic carbocycles. The van der Waals surface area contributed by atoms with Gasteiger partial charge in [0.1, 0.15) is 0 Å². The smallest absolute Gasteiger partial charge is 0.212 e. The summed E-state index contributed by atoms with van der Waals surface area (Å²) in [5, 5.41) is 3.51. The summed E-state index contributed by atoms with van der Waals surface area (Å²) in [6.45, 7) is 10.0. The molecule has 0 saturated carbocycles. The predicted molar refractivity (Wildman–Crippen MR) is 79.0 cm³/mol. The normalized spacial score (nSPS) is 17.1. The molecule has 0 radical (unpaired) electrons. The van der Waals surface area contributed by atoms with E-state index in [1.54, 1.807) is 7.11 Å². The lowest BCUT2D eigenvalue weighted by Crippen LogP contribution is -2.54. The number of ether oxygens (including phenoxy) is 2. The van der Waals surface area contributed by atoms with E-state index in [1.165, 1.54) is 5.56 Å². The molecule has 0 unspecified atom stereocenters. The summed E-state index contributed by atoms with van der Waals surface area (Å²) in [7, 11) is 1.63. The van der Waals surface area contributed by atoms with Gasteiger partial charge in [0.05, 0.1) is 20.3 Å². The van der Waals surface area contributed by atoms with Gasteiger partial charge in [0.15, 0.2) is 0 Å². The van der Waals surface area contributed by atoms with Crippen LogP contribution in [0.5, 0.6) is 5.88 Å². The number of nitrogens with one attached hydrogen (secondary N) is 1. The lowest BCUT2D eigenvalue weighted by Gasteiger charge is -2.41. The Hall–Kier alpha value is -1.17. The van der Waals surface area contributed by atoms with Crippen molar-refractivity contribution in [2.45, 2.75) is 25.9 Å². The zero-order valence-electron chi connectivity index (χ0n) is 12.7. The Balaban J connectivity index is 1.78. The topological polar surface area (TPSA) is 46.6 Å². The highest BCUT2D eigenvalue weighted by molar-refractivity contribution is 5.17. The van der Waals surface area contributed by atoms with E-state index >= 15 is 0 Å². The van der Waals surface area contributed by atoms with Gasteiger partial charge in [-0.25, -0.2) is 4.98 Å². The summed E-state index contributed by atoms with van der Waals surface area (Å²) >= 11 is 0. The first-order valence-corrected chi connectivity index (χ1v) is 7.14. The molecular formula is C15H25N3O2. The molecule has 2 heterocycles. The molecule has 20 heavy (non-hydrogen) atoms. The first-order valence-electron chi connectivity index (χ1n) is 7.14. The Bertz CT molecular complexity index is 400. The van der Waals surface area contributed by atoms with E-state index in [0.29, 0.717) is 5.88 Å². The Labute approximate surface area is 121 Å². The van der Waals surface area contributed by atoms with Crippen LogP contribution in [0.3, 0.4) is 0 Å². The number of rotatable bonds is 6. The second-order valence-corrected chi connectivity index (χ2v) is 5.72. The highest BCUT2D eigenvalue weighted by Crippen LogP contribution is 2.15. The minimum Gasteiger partial charge on any atom is -0.481 e. The van der Waals surface area contributed by atoms with Crippen molar-refractivity contribution in [1.82, 2.24) is 15.2 Å². The van der Waals surface area contributed by atoms with Crippen LogP contribution in [0.2, 0.25) is 0 Å². The third-order valence-electron chi connectivity index (χ3n) is 3.76. The van der Waals surface area contributed by atoms with Crippen LogP contribution >= 0.6 is 0 Å². The predicted octanol–water partition coefficient (Wildman–Crippen LogP) is 1.29. The highest BCUT2D eigenvalue weighted by atomic mass is 16.5. The molecule has 2 rings (SSSR count). The van der Waals surface area contributed by atoms with Crippen LogP contribution in [-0.4, -0.2) is 55.4 Å². The van der Waals surface area contributed by atoms with Gasteiger partial charge in [-0.3, -0.25) is 4.90 Å². The van der Waals surface area contributed by atoms with E-state index in [9.17, 15) is 0 Å². The Morgan fingerprint density at radius 3 is 2.70 bits per heavy atom. The fourth-order valence-corrected chi connectivity index (χ4v) is 2.43. The van der Waals surface area contributed by atoms with Gasteiger partial charge in [0.2, 0.25) is 5.88 Å². The van der Waals surface area contributed by atoms with Crippen molar-refractivity contribution in [2.24, 2.45) is 0 Å². The first-order chi connectivity index (χ1) is 9.62. The molecule has 0 aliphatic carbocycles. The molecule has 0 amide bonds. The van der Waals surface area contributed by atoms with Crippen LogP contribution in [0.15, 0.2) is 18.3 Å². The standard InChI is InChI=1S/C15H25N3O2/c1-15(2,18-6-8-20-9-7-18)12-16-10-13-4-5-14(19-3)17-11-13/h4-5,11,16H,6-10,12H2,1-3H3. The maximum Gasteiger partial charge on any atom is 0.212 e. The molecule has 1 aliphatic heterocycles. The quantitative estimate of drug-likeness (QED) is 0.850. The average molecular weight is 279 g/mol. The van der Waals surface area contributed by atoms with Crippen LogP contribution in [0.4, 0.5) is 0 Å². The SMILES string of the molecule is COc1ccc(CNCC(C)(C)N2CCOCC2)cn1. The van der Waals surface area contributed by atoms with Crippen LogP contribution in [0, 0.1) is 0 Å². The van der Waals surface area contributed by atoms with Gasteiger partial charge in [0.25, 0.3) is 0 Å². The van der Waals surface area contributed by atoms with E-state index in [4.69, 9.17) is 9.47 Å². The van der Waals surface area contributed by atoms with E-state index < -0.39 is 0 Å². The van der Waals surface area contributed by atoms with Crippen molar-refractivity contribution >= 4 is 0 Å². The van der Waals surface area contributed by atoms with Crippen molar-refractivity contribution in [2.75, 3.05) is 40.0 Å². The largest absolute Gasteiger partial charge is 0.481 e. The maximum atomic E-state index is 5.41. The van der Waals surface area contributed by atoms with E-state index in [2.05, 4.69) is 29.0 Å². The molecule has 5 heteroatoms. The zero-order chi connectivity index (χ0) is 14.4. The van der Waals surface area contributed by atoms with Crippen molar-refractivity contribution in [3.05, 3.63) is 23.9 Å². The van der Waals surface area contributed by atoms with Gasteiger partial charge in [-0.1, -0.05) is 6.07 Å². The van der Waals surface area contributed by atoms with Gasteiger partial charge in [-0.05, 0) is 19.4 Å². The summed E-state index contributed by atoms with van der Waals surface area (Å²) in [5.41, 5.74) is 1.31. The van der Waals surface area contributed by atoms with Gasteiger partial charge in [-0.15, -0.1) is 0 Å². The molecular weight excluding hydrogens is 254 g/mol. The van der Waals surface area contributed by atoms with Crippen molar-refractivity contribution in [3.63, 3.8) is 0 Å². The number of morpholine rings is 1. The third kappa shape index (κ3) is 4.16. The summed E-state index contributed by atoms with van der Waals surface area (Å²) < 4.78 is 10.5. The summed E-state index contributed by atoms with van der Waals surface area (Å²) in [5.74, 6) is 0.655. The fraction of sp³-hybridized carbons (Fsp3) is 0.667. The zero-order valence-corrected chi connectivity index (χ0v) is 12.7. The number of pyridine rings is 1. The molecule has 1 aromatic rings. The van der Waals surface area contributed by atoms with E-state index in [1.807, 2.05) is 18.3 Å². The number of aromatic nitrogens is 1. The number of nitrogens with zero attached hydrogens (tertiary/aromatic N) is 2. The molecule has 1 fully saturated rings. The van der Waals surface area contributed by atoms with Crippen LogP contribution in [-0.2, 0) is 11.3 Å². The van der Waals surface area contributed by atoms with Crippen LogP contribution in [0.25, 0.3) is 0 Å². The van der Waals surface area contributed by atoms with Gasteiger partial charge >= 0.3 is 0 Å². The highest BCUT2D eigenvalue weighted by Gasteiger charge is 2.27. The fourth-order valence-electron chi connectivity index (χ4n) is 2.43. The monoisotopic (exact) mass is 279 g/mol. The van der Waals surface area contributed by atoms with Gasteiger partial charge < -0.3 is 14.8 Å². The number of hydrogen-bond donors (Lipinski definition) is 1. The Kier molecular flexibility index (Phi) is 5.34. The average Bonchev–Trinajstić information content (AvgIpc) is 2.49. The van der Waals surface area contributed by atoms with Crippen molar-refractivity contribution < 1.29 is 9.47 Å². The Morgan fingerprint density at radius 2 is 2.10 bits per heavy atom. The van der Waals surface area contributed by atoms with Gasteiger partial charge in [-0.2, -0.15) is 0 Å². The second-order valence-electron chi connectivity index (χ2n) is 5.72. The lowest BCUT2D eigenvalue weighted by molar-refractivity contribution is -0.00967. The number of hydrogen-bond acceptors (Lipinski definition) is 5. The van der Waals surface area contributed by atoms with Crippen LogP contribution < -0.4 is 10.1 Å². The molecule has 0 bridgehead atoms. The minimum atomic E-state index is 0.143. The Morgan fingerprint density at radius 1 is 1.35 bits per heavy atom. The maximum absolute atomic E-state index is 5.41. The van der Waals surface area contributed by atoms with E-state index in [-0.39, 0.29) is 5.54 Å². The summed E-state index contributed by atoms with van der Waals surface area (Å²) in [4.78, 5) is 6.69. The van der Waals surface area contributed by atoms with E-state index in [0.717, 1.165) is 39.4 Å². The molecule has 1 N–H and O–H groups in total. The minimum absolute atomic E-state index is 0.143. The molecule has 1 aromatic heterocycles.